The lowest BCUT2D eigenvalue weighted by molar-refractivity contribution is -0.274. The molecule has 1 aliphatic heterocycles. The van der Waals surface area contributed by atoms with Crippen LogP contribution >= 0.6 is 11.6 Å². The molecule has 0 bridgehead atoms. The highest BCUT2D eigenvalue weighted by atomic mass is 35.5. The Morgan fingerprint density at radius 2 is 1.94 bits per heavy atom. The minimum Gasteiger partial charge on any atom is -0.489 e. The van der Waals surface area contributed by atoms with Gasteiger partial charge in [-0.2, -0.15) is 0 Å². The molecule has 1 heterocycles. The molecule has 0 radical (unpaired) electrons. The van der Waals surface area contributed by atoms with E-state index in [0.29, 0.717) is 5.46 Å². The minimum atomic E-state index is -4.84. The maximum atomic E-state index is 12.6. The number of halogens is 4. The predicted molar refractivity (Wildman–Crippen MR) is 112 cm³/mol. The van der Waals surface area contributed by atoms with Crippen molar-refractivity contribution in [2.75, 3.05) is 6.61 Å². The molecule has 1 atom stereocenters. The van der Waals surface area contributed by atoms with Gasteiger partial charge in [0.1, 0.15) is 23.6 Å². The third-order valence-corrected chi connectivity index (χ3v) is 5.35. The number of fused-ring (bicyclic) bond motifs is 1. The monoisotopic (exact) mass is 470 g/mol. The molecule has 0 aliphatic carbocycles. The summed E-state index contributed by atoms with van der Waals surface area (Å²) >= 11 is 6.32. The van der Waals surface area contributed by atoms with Gasteiger partial charge in [-0.1, -0.05) is 17.7 Å². The third-order valence-electron chi connectivity index (χ3n) is 4.96. The molecule has 2 aromatic carbocycles. The number of hydrogen-bond donors (Lipinski definition) is 3. The van der Waals surface area contributed by atoms with Gasteiger partial charge in [0.15, 0.2) is 0 Å². The molecule has 0 saturated carbocycles. The lowest BCUT2D eigenvalue weighted by Gasteiger charge is -2.30. The van der Waals surface area contributed by atoms with E-state index in [1.165, 1.54) is 19.1 Å². The van der Waals surface area contributed by atoms with Gasteiger partial charge in [-0.25, -0.2) is 0 Å². The number of benzene rings is 2. The summed E-state index contributed by atoms with van der Waals surface area (Å²) in [4.78, 5) is 12.6. The molecule has 2 aromatic rings. The Labute approximate surface area is 187 Å². The average Bonchev–Trinajstić information content (AvgIpc) is 3.08. The fraction of sp³-hybridized carbons (Fsp3) is 0.300. The van der Waals surface area contributed by atoms with Crippen molar-refractivity contribution in [2.45, 2.75) is 32.4 Å². The van der Waals surface area contributed by atoms with Crippen LogP contribution < -0.4 is 20.3 Å². The van der Waals surface area contributed by atoms with Gasteiger partial charge in [0.2, 0.25) is 0 Å². The summed E-state index contributed by atoms with van der Waals surface area (Å²) in [7, 11) is -1.17. The maximum absolute atomic E-state index is 12.6. The normalized spacial score (nSPS) is 15.0. The second-order valence-corrected chi connectivity index (χ2v) is 7.76. The SMILES string of the molecule is CC(=N)C(C)(COc1ccc2c(c1Cl)B(O)OC2)NC(=O)c1ccc(OC(F)(F)F)cc1. The number of rotatable bonds is 7. The zero-order chi connectivity index (χ0) is 23.7. The van der Waals surface area contributed by atoms with E-state index in [1.807, 2.05) is 0 Å². The Balaban J connectivity index is 1.71. The maximum Gasteiger partial charge on any atom is 0.573 e. The van der Waals surface area contributed by atoms with E-state index in [4.69, 9.17) is 26.4 Å². The number of nitrogens with one attached hydrogen (secondary N) is 2. The minimum absolute atomic E-state index is 0.0721. The molecule has 0 spiro atoms. The Morgan fingerprint density at radius 1 is 1.28 bits per heavy atom. The highest BCUT2D eigenvalue weighted by Gasteiger charge is 2.34. The summed E-state index contributed by atoms with van der Waals surface area (Å²) < 4.78 is 51.5. The molecule has 1 amide bonds. The van der Waals surface area contributed by atoms with Gasteiger partial charge in [-0.3, -0.25) is 4.79 Å². The number of carbonyl (C=O) groups is 1. The molecular formula is C20H19BClF3N2O5. The lowest BCUT2D eigenvalue weighted by Crippen LogP contribution is -2.55. The lowest BCUT2D eigenvalue weighted by atomic mass is 9.79. The Kier molecular flexibility index (Phi) is 6.73. The van der Waals surface area contributed by atoms with Crippen molar-refractivity contribution in [1.82, 2.24) is 5.32 Å². The Bertz CT molecular complexity index is 1040. The summed E-state index contributed by atoms with van der Waals surface area (Å²) in [5.41, 5.74) is 0.0245. The van der Waals surface area contributed by atoms with Crippen LogP contribution in [0.3, 0.4) is 0 Å². The molecular weight excluding hydrogens is 451 g/mol. The highest BCUT2D eigenvalue weighted by Crippen LogP contribution is 2.28. The number of hydrogen-bond acceptors (Lipinski definition) is 6. The Hall–Kier alpha value is -2.76. The van der Waals surface area contributed by atoms with Gasteiger partial charge in [0.25, 0.3) is 5.91 Å². The molecule has 3 N–H and O–H groups in total. The zero-order valence-electron chi connectivity index (χ0n) is 17.0. The highest BCUT2D eigenvalue weighted by molar-refractivity contribution is 6.65. The quantitative estimate of drug-likeness (QED) is 0.427. The number of alkyl halides is 3. The first-order chi connectivity index (χ1) is 14.9. The standard InChI is InChI=1S/C20H19BClF3N2O5/c1-11(26)19(2,10-30-15-8-5-13-9-31-21(29)16(13)17(15)22)27-18(28)12-3-6-14(7-4-12)32-20(23,24)25/h3-8,26,29H,9-10H2,1-2H3,(H,27,28). The molecule has 7 nitrogen and oxygen atoms in total. The van der Waals surface area contributed by atoms with E-state index >= 15 is 0 Å². The molecule has 0 aromatic heterocycles. The van der Waals surface area contributed by atoms with Gasteiger partial charge in [-0.15, -0.1) is 13.2 Å². The summed E-state index contributed by atoms with van der Waals surface area (Å²) in [6.45, 7) is 3.09. The molecule has 170 valence electrons. The van der Waals surface area contributed by atoms with Crippen LogP contribution in [-0.2, 0) is 11.3 Å². The first-order valence-corrected chi connectivity index (χ1v) is 9.75. The van der Waals surface area contributed by atoms with Crippen molar-refractivity contribution in [3.8, 4) is 11.5 Å². The van der Waals surface area contributed by atoms with Crippen LogP contribution in [0.2, 0.25) is 5.02 Å². The topological polar surface area (TPSA) is 101 Å². The smallest absolute Gasteiger partial charge is 0.489 e. The van der Waals surface area contributed by atoms with Crippen molar-refractivity contribution in [2.24, 2.45) is 0 Å². The molecule has 1 unspecified atom stereocenters. The van der Waals surface area contributed by atoms with Crippen LogP contribution in [0, 0.1) is 5.41 Å². The van der Waals surface area contributed by atoms with Gasteiger partial charge in [0, 0.05) is 16.7 Å². The molecule has 1 aliphatic rings. The van der Waals surface area contributed by atoms with E-state index in [1.54, 1.807) is 19.1 Å². The van der Waals surface area contributed by atoms with Crippen LogP contribution in [-0.4, -0.2) is 42.3 Å². The van der Waals surface area contributed by atoms with Crippen molar-refractivity contribution >= 4 is 35.8 Å². The summed E-state index contributed by atoms with van der Waals surface area (Å²) in [6.07, 6.45) is -4.84. The van der Waals surface area contributed by atoms with Crippen LogP contribution in [0.25, 0.3) is 0 Å². The van der Waals surface area contributed by atoms with E-state index in [9.17, 15) is 23.0 Å². The van der Waals surface area contributed by atoms with Crippen LogP contribution in [0.15, 0.2) is 36.4 Å². The zero-order valence-corrected chi connectivity index (χ0v) is 17.8. The van der Waals surface area contributed by atoms with Gasteiger partial charge >= 0.3 is 13.5 Å². The second-order valence-electron chi connectivity index (χ2n) is 7.39. The fourth-order valence-corrected chi connectivity index (χ4v) is 3.29. The van der Waals surface area contributed by atoms with E-state index in [0.717, 1.165) is 17.7 Å². The molecule has 3 rings (SSSR count). The van der Waals surface area contributed by atoms with Crippen molar-refractivity contribution < 1.29 is 37.1 Å². The number of amides is 1. The first-order valence-electron chi connectivity index (χ1n) is 9.37. The van der Waals surface area contributed by atoms with E-state index < -0.39 is 30.7 Å². The third kappa shape index (κ3) is 5.35. The molecule has 0 fully saturated rings. The first kappa shape index (κ1) is 23.9. The number of ether oxygens (including phenoxy) is 2. The van der Waals surface area contributed by atoms with E-state index in [-0.39, 0.29) is 35.3 Å². The molecule has 0 saturated heterocycles. The van der Waals surface area contributed by atoms with E-state index in [2.05, 4.69) is 10.1 Å². The van der Waals surface area contributed by atoms with Crippen molar-refractivity contribution in [1.29, 1.82) is 5.41 Å². The van der Waals surface area contributed by atoms with Crippen LogP contribution in [0.1, 0.15) is 29.8 Å². The molecule has 12 heteroatoms. The van der Waals surface area contributed by atoms with Crippen molar-refractivity contribution in [3.63, 3.8) is 0 Å². The number of carbonyl (C=O) groups excluding carboxylic acids is 1. The van der Waals surface area contributed by atoms with Crippen molar-refractivity contribution in [3.05, 3.63) is 52.5 Å². The largest absolute Gasteiger partial charge is 0.573 e. The average molecular weight is 471 g/mol. The summed E-state index contributed by atoms with van der Waals surface area (Å²) in [6, 6.07) is 7.69. The summed E-state index contributed by atoms with van der Waals surface area (Å²) in [5.74, 6) is -0.837. The molecule has 32 heavy (non-hydrogen) atoms. The van der Waals surface area contributed by atoms with Gasteiger partial charge in [0.05, 0.1) is 11.6 Å². The predicted octanol–water partition coefficient (Wildman–Crippen LogP) is 3.06. The fourth-order valence-electron chi connectivity index (χ4n) is 2.96. The van der Waals surface area contributed by atoms with Gasteiger partial charge < -0.3 is 29.9 Å². The van der Waals surface area contributed by atoms with Gasteiger partial charge in [-0.05, 0) is 49.7 Å². The van der Waals surface area contributed by atoms with Crippen LogP contribution in [0.5, 0.6) is 11.5 Å². The summed E-state index contributed by atoms with van der Waals surface area (Å²) in [5, 5.41) is 20.8. The Morgan fingerprint density at radius 3 is 2.53 bits per heavy atom. The second kappa shape index (κ2) is 9.01. The van der Waals surface area contributed by atoms with Crippen LogP contribution in [0.4, 0.5) is 13.2 Å².